The number of aliphatic carboxylic acids is 1. The fraction of sp³-hybridized carbons (Fsp3) is 0.280. The predicted octanol–water partition coefficient (Wildman–Crippen LogP) is 3.86. The van der Waals surface area contributed by atoms with Crippen LogP contribution in [0.4, 0.5) is 0 Å². The molecule has 3 atom stereocenters. The van der Waals surface area contributed by atoms with Crippen molar-refractivity contribution in [3.63, 3.8) is 0 Å². The van der Waals surface area contributed by atoms with Crippen molar-refractivity contribution >= 4 is 5.97 Å². The van der Waals surface area contributed by atoms with Crippen LogP contribution < -0.4 is 14.2 Å². The summed E-state index contributed by atoms with van der Waals surface area (Å²) in [6, 6.07) is 17.1. The first-order chi connectivity index (χ1) is 15.6. The molecule has 0 saturated carbocycles. The zero-order valence-corrected chi connectivity index (χ0v) is 17.7. The third-order valence-corrected chi connectivity index (χ3v) is 6.30. The Labute approximate surface area is 186 Å². The molecule has 2 aliphatic heterocycles. The van der Waals surface area contributed by atoms with Crippen LogP contribution in [0.25, 0.3) is 0 Å². The molecule has 1 aromatic heterocycles. The zero-order chi connectivity index (χ0) is 22.1. The Morgan fingerprint density at radius 3 is 2.50 bits per heavy atom. The number of hydrogen-bond donors (Lipinski definition) is 1. The van der Waals surface area contributed by atoms with Gasteiger partial charge >= 0.3 is 5.97 Å². The Kier molecular flexibility index (Phi) is 5.41. The Hall–Kier alpha value is -3.58. The number of nitrogens with zero attached hydrogens (tertiary/aromatic N) is 2. The molecular formula is C25H24N2O5. The van der Waals surface area contributed by atoms with Crippen LogP contribution in [0.5, 0.6) is 17.2 Å². The number of aromatic nitrogens is 1. The molecule has 7 nitrogen and oxygen atoms in total. The van der Waals surface area contributed by atoms with Crippen LogP contribution in [-0.2, 0) is 11.3 Å². The molecule has 0 spiro atoms. The van der Waals surface area contributed by atoms with E-state index in [0.29, 0.717) is 24.6 Å². The molecule has 1 saturated heterocycles. The van der Waals surface area contributed by atoms with E-state index in [1.807, 2.05) is 54.6 Å². The lowest BCUT2D eigenvalue weighted by atomic mass is 9.82. The summed E-state index contributed by atoms with van der Waals surface area (Å²) in [5.74, 6) is 0.470. The Morgan fingerprint density at radius 2 is 1.78 bits per heavy atom. The van der Waals surface area contributed by atoms with Crippen molar-refractivity contribution in [1.29, 1.82) is 0 Å². The summed E-state index contributed by atoms with van der Waals surface area (Å²) in [4.78, 5) is 19.0. The van der Waals surface area contributed by atoms with Crippen LogP contribution in [0.2, 0.25) is 0 Å². The third kappa shape index (κ3) is 3.76. The summed E-state index contributed by atoms with van der Waals surface area (Å²) in [6.07, 6.45) is 3.52. The standard InChI is InChI=1S/C25H24N2O5/c1-30-19-5-2-17(3-6-19)24-23(25(28)29)20(14-27(24)13-16-8-10-26-11-9-16)18-4-7-21-22(12-18)32-15-31-21/h2-12,20,23-24H,13-15H2,1H3,(H,28,29)/t20-,23+,24-/m1/s1. The molecule has 2 aromatic carbocycles. The molecule has 164 valence electrons. The van der Waals surface area contributed by atoms with Crippen LogP contribution in [0, 0.1) is 5.92 Å². The molecule has 1 fully saturated rings. The number of carboxylic acids is 1. The van der Waals surface area contributed by atoms with Gasteiger partial charge in [-0.1, -0.05) is 18.2 Å². The quantitative estimate of drug-likeness (QED) is 0.633. The number of rotatable bonds is 6. The van der Waals surface area contributed by atoms with E-state index in [1.54, 1.807) is 19.5 Å². The zero-order valence-electron chi connectivity index (χ0n) is 17.7. The minimum atomic E-state index is -0.814. The van der Waals surface area contributed by atoms with Crippen LogP contribution in [0.1, 0.15) is 28.7 Å². The van der Waals surface area contributed by atoms with Gasteiger partial charge in [-0.2, -0.15) is 0 Å². The fourth-order valence-electron chi connectivity index (χ4n) is 4.80. The number of fused-ring (bicyclic) bond motifs is 1. The van der Waals surface area contributed by atoms with Gasteiger partial charge in [-0.3, -0.25) is 14.7 Å². The highest BCUT2D eigenvalue weighted by Crippen LogP contribution is 2.48. The molecule has 0 bridgehead atoms. The van der Waals surface area contributed by atoms with Gasteiger partial charge in [-0.05, 0) is 53.1 Å². The predicted molar refractivity (Wildman–Crippen MR) is 117 cm³/mol. The second-order valence-corrected chi connectivity index (χ2v) is 8.09. The summed E-state index contributed by atoms with van der Waals surface area (Å²) in [5, 5.41) is 10.3. The molecule has 7 heteroatoms. The summed E-state index contributed by atoms with van der Waals surface area (Å²) in [7, 11) is 1.62. The summed E-state index contributed by atoms with van der Waals surface area (Å²) in [5.41, 5.74) is 2.99. The van der Waals surface area contributed by atoms with Crippen molar-refractivity contribution in [3.05, 3.63) is 83.7 Å². The largest absolute Gasteiger partial charge is 0.497 e. The van der Waals surface area contributed by atoms with Crippen molar-refractivity contribution in [2.24, 2.45) is 5.92 Å². The monoisotopic (exact) mass is 432 g/mol. The second-order valence-electron chi connectivity index (χ2n) is 8.09. The van der Waals surface area contributed by atoms with E-state index >= 15 is 0 Å². The minimum Gasteiger partial charge on any atom is -0.497 e. The number of carboxylic acid groups (broad SMARTS) is 1. The van der Waals surface area contributed by atoms with Crippen LogP contribution in [0.15, 0.2) is 67.0 Å². The smallest absolute Gasteiger partial charge is 0.309 e. The van der Waals surface area contributed by atoms with E-state index in [2.05, 4.69) is 9.88 Å². The lowest BCUT2D eigenvalue weighted by Crippen LogP contribution is -2.28. The molecule has 0 amide bonds. The van der Waals surface area contributed by atoms with Gasteiger partial charge in [0.25, 0.3) is 0 Å². The first kappa shape index (κ1) is 20.3. The van der Waals surface area contributed by atoms with Gasteiger partial charge < -0.3 is 19.3 Å². The minimum absolute atomic E-state index is 0.189. The first-order valence-electron chi connectivity index (χ1n) is 10.5. The summed E-state index contributed by atoms with van der Waals surface area (Å²) in [6.45, 7) is 1.42. The molecule has 3 heterocycles. The number of benzene rings is 2. The fourth-order valence-corrected chi connectivity index (χ4v) is 4.80. The highest BCUT2D eigenvalue weighted by Gasteiger charge is 2.47. The van der Waals surface area contributed by atoms with Gasteiger partial charge in [-0.25, -0.2) is 0 Å². The summed E-state index contributed by atoms with van der Waals surface area (Å²) < 4.78 is 16.3. The average Bonchev–Trinajstić information content (AvgIpc) is 3.44. The molecule has 0 radical (unpaired) electrons. The topological polar surface area (TPSA) is 81.1 Å². The second kappa shape index (κ2) is 8.51. The number of hydrogen-bond acceptors (Lipinski definition) is 6. The molecule has 32 heavy (non-hydrogen) atoms. The van der Waals surface area contributed by atoms with Crippen molar-refractivity contribution in [2.75, 3.05) is 20.4 Å². The van der Waals surface area contributed by atoms with Gasteiger partial charge in [0, 0.05) is 37.4 Å². The maximum absolute atomic E-state index is 12.6. The molecule has 2 aliphatic rings. The van der Waals surface area contributed by atoms with E-state index in [4.69, 9.17) is 14.2 Å². The maximum Gasteiger partial charge on any atom is 0.309 e. The van der Waals surface area contributed by atoms with Crippen molar-refractivity contribution in [3.8, 4) is 17.2 Å². The van der Waals surface area contributed by atoms with Crippen molar-refractivity contribution in [2.45, 2.75) is 18.5 Å². The molecular weight excluding hydrogens is 408 g/mol. The Bertz CT molecular complexity index is 1100. The van der Waals surface area contributed by atoms with Gasteiger partial charge in [0.15, 0.2) is 11.5 Å². The van der Waals surface area contributed by atoms with Crippen molar-refractivity contribution < 1.29 is 24.1 Å². The first-order valence-corrected chi connectivity index (χ1v) is 10.5. The summed E-state index contributed by atoms with van der Waals surface area (Å²) >= 11 is 0. The number of methoxy groups -OCH3 is 1. The van der Waals surface area contributed by atoms with Gasteiger partial charge in [0.2, 0.25) is 6.79 Å². The highest BCUT2D eigenvalue weighted by atomic mass is 16.7. The number of ether oxygens (including phenoxy) is 3. The van der Waals surface area contributed by atoms with Gasteiger partial charge in [-0.15, -0.1) is 0 Å². The van der Waals surface area contributed by atoms with Crippen molar-refractivity contribution in [1.82, 2.24) is 9.88 Å². The van der Waals surface area contributed by atoms with E-state index in [1.165, 1.54) is 0 Å². The maximum atomic E-state index is 12.6. The number of likely N-dealkylation sites (tertiary alicyclic amines) is 1. The van der Waals surface area contributed by atoms with E-state index in [9.17, 15) is 9.90 Å². The lowest BCUT2D eigenvalue weighted by molar-refractivity contribution is -0.143. The molecule has 1 N–H and O–H groups in total. The Balaban J connectivity index is 1.55. The molecule has 3 aromatic rings. The molecule has 0 aliphatic carbocycles. The van der Waals surface area contributed by atoms with Crippen LogP contribution in [0.3, 0.4) is 0 Å². The van der Waals surface area contributed by atoms with Crippen LogP contribution >= 0.6 is 0 Å². The van der Waals surface area contributed by atoms with Gasteiger partial charge in [0.05, 0.1) is 13.0 Å². The Morgan fingerprint density at radius 1 is 1.06 bits per heavy atom. The van der Waals surface area contributed by atoms with E-state index < -0.39 is 11.9 Å². The molecule has 5 rings (SSSR count). The molecule has 0 unspecified atom stereocenters. The van der Waals surface area contributed by atoms with E-state index in [-0.39, 0.29) is 18.8 Å². The highest BCUT2D eigenvalue weighted by molar-refractivity contribution is 5.74. The van der Waals surface area contributed by atoms with Gasteiger partial charge in [0.1, 0.15) is 5.75 Å². The normalized spacial score (nSPS) is 22.1. The van der Waals surface area contributed by atoms with Crippen LogP contribution in [-0.4, -0.2) is 41.4 Å². The average molecular weight is 432 g/mol. The number of pyridine rings is 1. The number of carbonyl (C=O) groups is 1. The SMILES string of the molecule is COc1ccc([C@@H]2[C@@H](C(=O)O)[C@@H](c3ccc4c(c3)OCO4)CN2Cc2ccncc2)cc1. The third-order valence-electron chi connectivity index (χ3n) is 6.30. The van der Waals surface area contributed by atoms with E-state index in [0.717, 1.165) is 22.4 Å². The lowest BCUT2D eigenvalue weighted by Gasteiger charge is -2.27.